The topological polar surface area (TPSA) is 130 Å². The van der Waals surface area contributed by atoms with Crippen LogP contribution < -0.4 is 11.5 Å². The molecule has 2 aromatic heterocycles. The van der Waals surface area contributed by atoms with Crippen LogP contribution in [0.3, 0.4) is 0 Å². The average molecular weight is 552 g/mol. The van der Waals surface area contributed by atoms with Gasteiger partial charge in [-0.25, -0.2) is 9.97 Å². The second-order valence-corrected chi connectivity index (χ2v) is 11.1. The summed E-state index contributed by atoms with van der Waals surface area (Å²) in [6, 6.07) is 5.56. The molecule has 0 saturated heterocycles. The van der Waals surface area contributed by atoms with Crippen LogP contribution in [0.2, 0.25) is 0 Å². The lowest BCUT2D eigenvalue weighted by molar-refractivity contribution is -0.155. The predicted octanol–water partition coefficient (Wildman–Crippen LogP) is 5.26. The van der Waals surface area contributed by atoms with Crippen molar-refractivity contribution in [1.29, 1.82) is 0 Å². The first-order valence-corrected chi connectivity index (χ1v) is 12.3. The van der Waals surface area contributed by atoms with Gasteiger partial charge in [0.2, 0.25) is 0 Å². The van der Waals surface area contributed by atoms with Gasteiger partial charge in [-0.3, -0.25) is 9.59 Å². The Morgan fingerprint density at radius 2 is 1.29 bits per heavy atom. The first-order valence-electron chi connectivity index (χ1n) is 11.5. The van der Waals surface area contributed by atoms with Gasteiger partial charge < -0.3 is 20.9 Å². The molecule has 0 amide bonds. The molecule has 9 heteroatoms. The zero-order valence-electron chi connectivity index (χ0n) is 22.1. The first kappa shape index (κ1) is 30.4. The largest absolute Gasteiger partial charge is 0.460 e. The number of nitrogen functional groups attached to an aromatic ring is 2. The number of nitrogens with zero attached hydrogens (tertiary/aromatic N) is 2. The smallest absolute Gasteiger partial charge is 0.306 e. The molecule has 0 unspecified atom stereocenters. The number of ether oxygens (including phenoxy) is 2. The number of carbonyl (C=O) groups excluding carboxylic acids is 2. The van der Waals surface area contributed by atoms with Crippen LogP contribution in [0.1, 0.15) is 76.9 Å². The number of hydrogen-bond donors (Lipinski definition) is 2. The molecule has 0 aromatic carbocycles. The highest BCUT2D eigenvalue weighted by Gasteiger charge is 2.17. The molecule has 0 aliphatic carbocycles. The third-order valence-electron chi connectivity index (χ3n) is 4.55. The molecule has 0 spiro atoms. The molecular formula is C26H39BrN4O4. The summed E-state index contributed by atoms with van der Waals surface area (Å²) in [5.41, 5.74) is 14.1. The van der Waals surface area contributed by atoms with Gasteiger partial charge in [-0.05, 0) is 107 Å². The molecule has 2 rings (SSSR count). The van der Waals surface area contributed by atoms with E-state index in [1.54, 1.807) is 6.07 Å². The molecule has 0 aliphatic rings. The molecule has 0 bridgehead atoms. The lowest BCUT2D eigenvalue weighted by Crippen LogP contribution is -2.24. The Bertz CT molecular complexity index is 1030. The summed E-state index contributed by atoms with van der Waals surface area (Å²) < 4.78 is 11.3. The van der Waals surface area contributed by atoms with Gasteiger partial charge in [0.15, 0.2) is 0 Å². The fourth-order valence-corrected chi connectivity index (χ4v) is 3.39. The fraction of sp³-hybridized carbons (Fsp3) is 0.538. The molecule has 0 atom stereocenters. The number of carbonyl (C=O) groups is 2. The van der Waals surface area contributed by atoms with Crippen LogP contribution in [0.4, 0.5) is 11.6 Å². The Kier molecular flexibility index (Phi) is 11.2. The normalized spacial score (nSPS) is 11.3. The van der Waals surface area contributed by atoms with E-state index in [9.17, 15) is 9.59 Å². The van der Waals surface area contributed by atoms with Gasteiger partial charge >= 0.3 is 11.9 Å². The molecule has 35 heavy (non-hydrogen) atoms. The second-order valence-electron chi connectivity index (χ2n) is 10.3. The quantitative estimate of drug-likeness (QED) is 0.465. The number of aromatic nitrogens is 2. The van der Waals surface area contributed by atoms with Crippen LogP contribution in [0.25, 0.3) is 0 Å². The minimum atomic E-state index is -0.438. The molecule has 194 valence electrons. The van der Waals surface area contributed by atoms with E-state index in [2.05, 4.69) is 25.9 Å². The Morgan fingerprint density at radius 3 is 1.74 bits per heavy atom. The van der Waals surface area contributed by atoms with Crippen LogP contribution >= 0.6 is 15.9 Å². The Balaban J connectivity index is 0.000000351. The Hall–Kier alpha value is -2.68. The summed E-state index contributed by atoms with van der Waals surface area (Å²) in [4.78, 5) is 31.5. The minimum absolute atomic E-state index is 0.186. The highest BCUT2D eigenvalue weighted by molar-refractivity contribution is 9.10. The molecule has 0 saturated carbocycles. The molecule has 2 heterocycles. The molecule has 4 N–H and O–H groups in total. The Morgan fingerprint density at radius 1 is 0.829 bits per heavy atom. The van der Waals surface area contributed by atoms with E-state index in [1.807, 2.05) is 67.5 Å². The average Bonchev–Trinajstić information content (AvgIpc) is 2.67. The maximum absolute atomic E-state index is 11.6. The van der Waals surface area contributed by atoms with Gasteiger partial charge in [0.05, 0.1) is 4.47 Å². The number of aryl methyl sites for hydroxylation is 4. The van der Waals surface area contributed by atoms with Gasteiger partial charge in [0.25, 0.3) is 0 Å². The maximum atomic E-state index is 11.6. The van der Waals surface area contributed by atoms with Crippen molar-refractivity contribution in [2.45, 2.75) is 92.3 Å². The maximum Gasteiger partial charge on any atom is 0.306 e. The van der Waals surface area contributed by atoms with Crippen molar-refractivity contribution in [2.75, 3.05) is 11.5 Å². The fourth-order valence-electron chi connectivity index (χ4n) is 3.02. The minimum Gasteiger partial charge on any atom is -0.460 e. The summed E-state index contributed by atoms with van der Waals surface area (Å²) >= 11 is 3.33. The first-order chi connectivity index (χ1) is 16.0. The van der Waals surface area contributed by atoms with Gasteiger partial charge in [-0.2, -0.15) is 0 Å². The summed E-state index contributed by atoms with van der Waals surface area (Å²) in [6.45, 7) is 14.9. The van der Waals surface area contributed by atoms with Crippen molar-refractivity contribution in [1.82, 2.24) is 9.97 Å². The van der Waals surface area contributed by atoms with Gasteiger partial charge in [-0.15, -0.1) is 0 Å². The van der Waals surface area contributed by atoms with Crippen LogP contribution in [-0.2, 0) is 31.9 Å². The molecule has 0 fully saturated rings. The summed E-state index contributed by atoms with van der Waals surface area (Å²) in [6.07, 6.45) is 1.94. The van der Waals surface area contributed by atoms with E-state index in [-0.39, 0.29) is 11.9 Å². The van der Waals surface area contributed by atoms with E-state index in [0.717, 1.165) is 27.0 Å². The Labute approximate surface area is 217 Å². The third kappa shape index (κ3) is 12.5. The summed E-state index contributed by atoms with van der Waals surface area (Å²) in [7, 11) is 0. The predicted molar refractivity (Wildman–Crippen MR) is 143 cm³/mol. The number of halogens is 1. The van der Waals surface area contributed by atoms with Crippen LogP contribution in [0.5, 0.6) is 0 Å². The van der Waals surface area contributed by atoms with Crippen molar-refractivity contribution >= 4 is 39.5 Å². The number of anilines is 2. The van der Waals surface area contributed by atoms with Crippen molar-refractivity contribution in [3.63, 3.8) is 0 Å². The highest BCUT2D eigenvalue weighted by Crippen LogP contribution is 2.22. The van der Waals surface area contributed by atoms with Crippen LogP contribution in [0, 0.1) is 13.8 Å². The lowest BCUT2D eigenvalue weighted by atomic mass is 10.1. The second kappa shape index (κ2) is 12.9. The van der Waals surface area contributed by atoms with Gasteiger partial charge in [-0.1, -0.05) is 6.07 Å². The molecule has 0 aliphatic heterocycles. The van der Waals surface area contributed by atoms with Crippen molar-refractivity contribution < 1.29 is 19.1 Å². The monoisotopic (exact) mass is 550 g/mol. The zero-order valence-corrected chi connectivity index (χ0v) is 23.7. The van der Waals surface area contributed by atoms with Crippen LogP contribution in [0.15, 0.2) is 22.7 Å². The number of hydrogen-bond acceptors (Lipinski definition) is 8. The zero-order chi connectivity index (χ0) is 27.0. The van der Waals surface area contributed by atoms with Crippen molar-refractivity contribution in [2.24, 2.45) is 0 Å². The van der Waals surface area contributed by atoms with Crippen molar-refractivity contribution in [3.8, 4) is 0 Å². The lowest BCUT2D eigenvalue weighted by Gasteiger charge is -2.19. The van der Waals surface area contributed by atoms with Gasteiger partial charge in [0, 0.05) is 24.2 Å². The van der Waals surface area contributed by atoms with Crippen molar-refractivity contribution in [3.05, 3.63) is 45.2 Å². The highest BCUT2D eigenvalue weighted by atomic mass is 79.9. The van der Waals surface area contributed by atoms with Crippen LogP contribution in [-0.4, -0.2) is 33.1 Å². The van der Waals surface area contributed by atoms with E-state index >= 15 is 0 Å². The molecular weight excluding hydrogens is 512 g/mol. The molecule has 8 nitrogen and oxygen atoms in total. The third-order valence-corrected chi connectivity index (χ3v) is 5.19. The van der Waals surface area contributed by atoms with E-state index in [0.29, 0.717) is 37.3 Å². The summed E-state index contributed by atoms with van der Waals surface area (Å²) in [5.74, 6) is 0.584. The van der Waals surface area contributed by atoms with Gasteiger partial charge in [0.1, 0.15) is 22.8 Å². The van der Waals surface area contributed by atoms with E-state index in [1.165, 1.54) is 0 Å². The SMILES string of the molecule is Cc1nc(N)c(Br)cc1CCC(=O)OC(C)(C)C.Cc1nc(N)ccc1CCC(=O)OC(C)(C)C. The summed E-state index contributed by atoms with van der Waals surface area (Å²) in [5, 5.41) is 0. The number of rotatable bonds is 6. The van der Waals surface area contributed by atoms with E-state index in [4.69, 9.17) is 20.9 Å². The standard InChI is InChI=1S/C13H19BrN2O2.C13H20N2O2/c1-8-9(7-10(14)12(15)16-8)5-6-11(17)18-13(2,3)4;1-9-10(5-7-11(14)15-9)6-8-12(16)17-13(2,3)4/h7H,5-6H2,1-4H3,(H2,15,16);5,7H,6,8H2,1-4H3,(H2,14,15). The molecule has 0 radical (unpaired) electrons. The number of esters is 2. The van der Waals surface area contributed by atoms with E-state index < -0.39 is 11.2 Å². The number of nitrogens with two attached hydrogens (primary N) is 2. The molecule has 2 aromatic rings. The number of pyridine rings is 2.